The fourth-order valence-electron chi connectivity index (χ4n) is 6.88. The van der Waals surface area contributed by atoms with Crippen molar-refractivity contribution in [1.82, 2.24) is 14.5 Å². The molecule has 2 aromatic rings. The van der Waals surface area contributed by atoms with E-state index in [9.17, 15) is 14.3 Å². The van der Waals surface area contributed by atoms with Crippen LogP contribution in [0.25, 0.3) is 11.0 Å². The lowest BCUT2D eigenvalue weighted by Gasteiger charge is -2.25. The van der Waals surface area contributed by atoms with E-state index in [1.165, 1.54) is 83.2 Å². The standard InChI is InChI=1S/C36H62N5O9P/c1-5-6-7-8-9-10-11-12-13-14-15-16-17-18-20-45-21-19-22-47-51(43,44)25-46-24-28-30-31(50-36(3,4)49-30)35(48-28)41-23-27(33(38)42)29-32(37)39-26(2)40-34(29)41/h23,28,30-31,35H,5-22,24-25H2,1-4H3,(H2,38,42)(H,43,44)(H2,37,39,40)/t28?,30-,31-,35-/m1/s1. The number of nitrogens with zero attached hydrogens (tertiary/aromatic N) is 3. The molecule has 0 bridgehead atoms. The molecule has 5 atom stereocenters. The molecule has 1 amide bonds. The molecule has 15 heteroatoms. The summed E-state index contributed by atoms with van der Waals surface area (Å²) in [6.07, 6.45) is 17.3. The van der Waals surface area contributed by atoms with Crippen LogP contribution < -0.4 is 11.5 Å². The third kappa shape index (κ3) is 12.7. The SMILES string of the molecule is CCCCCCCCCCCCCCCCOCCCOP(=O)(O)COCC1O[C@@H](n2cc(C(N)=O)c3c(N)nc(C)nc32)[C@@H]2OC(C)(C)O[C@H]12. The van der Waals surface area contributed by atoms with Gasteiger partial charge in [0.25, 0.3) is 5.91 Å². The second kappa shape index (κ2) is 20.3. The molecule has 14 nitrogen and oxygen atoms in total. The Kier molecular flexibility index (Phi) is 16.6. The second-order valence-electron chi connectivity index (χ2n) is 14.3. The average molecular weight is 740 g/mol. The van der Waals surface area contributed by atoms with Gasteiger partial charge in [0.15, 0.2) is 12.0 Å². The molecule has 2 aromatic heterocycles. The molecule has 2 aliphatic rings. The minimum absolute atomic E-state index is 0.0641. The fourth-order valence-corrected chi connectivity index (χ4v) is 7.70. The molecule has 2 saturated heterocycles. The van der Waals surface area contributed by atoms with E-state index in [0.29, 0.717) is 36.5 Å². The number of carbonyl (C=O) groups excluding carboxylic acids is 1. The number of fused-ring (bicyclic) bond motifs is 2. The maximum Gasteiger partial charge on any atom is 0.353 e. The molecule has 290 valence electrons. The van der Waals surface area contributed by atoms with Crippen LogP contribution >= 0.6 is 7.60 Å². The molecule has 51 heavy (non-hydrogen) atoms. The van der Waals surface area contributed by atoms with Crippen molar-refractivity contribution in [1.29, 1.82) is 0 Å². The first-order valence-corrected chi connectivity index (χ1v) is 20.8. The Balaban J connectivity index is 1.10. The first kappa shape index (κ1) is 41.6. The average Bonchev–Trinajstić information content (AvgIpc) is 3.70. The monoisotopic (exact) mass is 739 g/mol. The van der Waals surface area contributed by atoms with Gasteiger partial charge >= 0.3 is 7.60 Å². The lowest BCUT2D eigenvalue weighted by molar-refractivity contribution is -0.201. The van der Waals surface area contributed by atoms with E-state index in [4.69, 9.17) is 39.7 Å². The topological polar surface area (TPSA) is 192 Å². The molecule has 0 radical (unpaired) electrons. The summed E-state index contributed by atoms with van der Waals surface area (Å²) in [6.45, 7) is 8.70. The normalized spacial score (nSPS) is 22.5. The number of hydrogen-bond donors (Lipinski definition) is 3. The van der Waals surface area contributed by atoms with Crippen LogP contribution in [0.2, 0.25) is 0 Å². The molecule has 0 saturated carbocycles. The summed E-state index contributed by atoms with van der Waals surface area (Å²) in [4.78, 5) is 31.3. The van der Waals surface area contributed by atoms with Gasteiger partial charge in [0, 0.05) is 19.4 Å². The third-order valence-corrected chi connectivity index (χ3v) is 10.5. The zero-order chi connectivity index (χ0) is 36.9. The zero-order valence-corrected chi connectivity index (χ0v) is 32.1. The number of aryl methyl sites for hydroxylation is 1. The van der Waals surface area contributed by atoms with Crippen LogP contribution in [0.5, 0.6) is 0 Å². The Morgan fingerprint density at radius 1 is 0.902 bits per heavy atom. The van der Waals surface area contributed by atoms with E-state index in [2.05, 4.69) is 16.9 Å². The molecule has 2 unspecified atom stereocenters. The van der Waals surface area contributed by atoms with Gasteiger partial charge in [0.2, 0.25) is 0 Å². The Bertz CT molecular complexity index is 1420. The number of unbranched alkanes of at least 4 members (excludes halogenated alkanes) is 13. The van der Waals surface area contributed by atoms with Gasteiger partial charge < -0.3 is 49.1 Å². The highest BCUT2D eigenvalue weighted by atomic mass is 31.2. The van der Waals surface area contributed by atoms with Crippen LogP contribution in [0.3, 0.4) is 0 Å². The maximum atomic E-state index is 12.7. The molecule has 0 aliphatic carbocycles. The minimum atomic E-state index is -4.01. The van der Waals surface area contributed by atoms with Gasteiger partial charge in [-0.3, -0.25) is 9.36 Å². The zero-order valence-electron chi connectivity index (χ0n) is 31.2. The van der Waals surface area contributed by atoms with E-state index >= 15 is 0 Å². The molecule has 0 aromatic carbocycles. The number of ether oxygens (including phenoxy) is 5. The lowest BCUT2D eigenvalue weighted by atomic mass is 10.0. The first-order valence-electron chi connectivity index (χ1n) is 19.0. The van der Waals surface area contributed by atoms with Crippen molar-refractivity contribution in [3.8, 4) is 0 Å². The van der Waals surface area contributed by atoms with Gasteiger partial charge in [-0.25, -0.2) is 9.97 Å². The predicted octanol–water partition coefficient (Wildman–Crippen LogP) is 6.90. The maximum absolute atomic E-state index is 12.7. The van der Waals surface area contributed by atoms with Crippen LogP contribution in [0.1, 0.15) is 139 Å². The number of nitrogens with two attached hydrogens (primary N) is 2. The number of nitrogen functional groups attached to an aromatic ring is 1. The molecule has 5 N–H and O–H groups in total. The Morgan fingerprint density at radius 2 is 1.49 bits per heavy atom. The van der Waals surface area contributed by atoms with Crippen molar-refractivity contribution in [2.75, 3.05) is 38.5 Å². The van der Waals surface area contributed by atoms with Crippen molar-refractivity contribution < 1.29 is 42.5 Å². The van der Waals surface area contributed by atoms with Crippen molar-refractivity contribution in [2.24, 2.45) is 5.73 Å². The van der Waals surface area contributed by atoms with Crippen LogP contribution in [-0.2, 0) is 32.8 Å². The van der Waals surface area contributed by atoms with E-state index in [1.807, 2.05) is 0 Å². The number of amides is 1. The van der Waals surface area contributed by atoms with E-state index in [0.717, 1.165) is 12.8 Å². The predicted molar refractivity (Wildman–Crippen MR) is 195 cm³/mol. The summed E-state index contributed by atoms with van der Waals surface area (Å²) < 4.78 is 49.5. The smallest absolute Gasteiger partial charge is 0.353 e. The highest BCUT2D eigenvalue weighted by molar-refractivity contribution is 7.52. The molecule has 2 aliphatic heterocycles. The number of anilines is 1. The number of carbonyl (C=O) groups is 1. The number of rotatable bonds is 26. The van der Waals surface area contributed by atoms with Crippen molar-refractivity contribution in [3.05, 3.63) is 17.6 Å². The highest BCUT2D eigenvalue weighted by Crippen LogP contribution is 2.46. The van der Waals surface area contributed by atoms with Crippen LogP contribution in [0.4, 0.5) is 5.82 Å². The molecule has 0 spiro atoms. The summed E-state index contributed by atoms with van der Waals surface area (Å²) in [5, 5.41) is 0.324. The number of primary amides is 1. The second-order valence-corrected chi connectivity index (χ2v) is 16.1. The van der Waals surface area contributed by atoms with Gasteiger partial charge in [-0.15, -0.1) is 0 Å². The van der Waals surface area contributed by atoms with Gasteiger partial charge in [0.1, 0.15) is 41.9 Å². The molecular weight excluding hydrogens is 677 g/mol. The quantitative estimate of drug-likeness (QED) is 0.0669. The van der Waals surface area contributed by atoms with Crippen molar-refractivity contribution >= 4 is 30.4 Å². The lowest BCUT2D eigenvalue weighted by Crippen LogP contribution is -2.33. The Labute approximate surface area is 303 Å². The van der Waals surface area contributed by atoms with Crippen molar-refractivity contribution in [3.63, 3.8) is 0 Å². The largest absolute Gasteiger partial charge is 0.383 e. The summed E-state index contributed by atoms with van der Waals surface area (Å²) in [6, 6.07) is 0. The summed E-state index contributed by atoms with van der Waals surface area (Å²) in [7, 11) is -4.01. The van der Waals surface area contributed by atoms with Crippen molar-refractivity contribution in [2.45, 2.75) is 154 Å². The minimum Gasteiger partial charge on any atom is -0.383 e. The molecule has 2 fully saturated rings. The van der Waals surface area contributed by atoms with Crippen LogP contribution in [0.15, 0.2) is 6.20 Å². The van der Waals surface area contributed by atoms with Gasteiger partial charge in [-0.05, 0) is 33.6 Å². The summed E-state index contributed by atoms with van der Waals surface area (Å²) in [5.74, 6) is -1.09. The number of aromatic nitrogens is 3. The van der Waals surface area contributed by atoms with Gasteiger partial charge in [-0.1, -0.05) is 90.4 Å². The number of hydrogen-bond acceptors (Lipinski definition) is 11. The molecule has 4 rings (SSSR count). The fraction of sp³-hybridized carbons (Fsp3) is 0.806. The van der Waals surface area contributed by atoms with Gasteiger partial charge in [0.05, 0.1) is 24.2 Å². The van der Waals surface area contributed by atoms with E-state index < -0.39 is 50.2 Å². The first-order chi connectivity index (χ1) is 24.4. The third-order valence-electron chi connectivity index (χ3n) is 9.38. The highest BCUT2D eigenvalue weighted by Gasteiger charge is 2.56. The summed E-state index contributed by atoms with van der Waals surface area (Å²) >= 11 is 0. The molecule has 4 heterocycles. The van der Waals surface area contributed by atoms with Gasteiger partial charge in [-0.2, -0.15) is 0 Å². The van der Waals surface area contributed by atoms with Crippen LogP contribution in [-0.4, -0.2) is 82.2 Å². The Morgan fingerprint density at radius 3 is 2.12 bits per heavy atom. The van der Waals surface area contributed by atoms with E-state index in [1.54, 1.807) is 25.3 Å². The summed E-state index contributed by atoms with van der Waals surface area (Å²) in [5.41, 5.74) is 12.3. The molecular formula is C36H62N5O9P. The Hall–Kier alpha value is -2.16. The van der Waals surface area contributed by atoms with Crippen LogP contribution in [0, 0.1) is 6.92 Å². The van der Waals surface area contributed by atoms with E-state index in [-0.39, 0.29) is 24.6 Å².